The third kappa shape index (κ3) is 4.57. The number of aromatic nitrogens is 1. The van der Waals surface area contributed by atoms with Crippen molar-refractivity contribution in [2.24, 2.45) is 0 Å². The largest absolute Gasteiger partial charge is 0.370 e. The summed E-state index contributed by atoms with van der Waals surface area (Å²) in [6.07, 6.45) is 4.37. The highest BCUT2D eigenvalue weighted by molar-refractivity contribution is 7.92. The van der Waals surface area contributed by atoms with Crippen molar-refractivity contribution < 1.29 is 22.0 Å². The summed E-state index contributed by atoms with van der Waals surface area (Å²) in [4.78, 5) is 19.7. The molecule has 168 valence electrons. The predicted molar refractivity (Wildman–Crippen MR) is 121 cm³/mol. The molecule has 0 saturated carbocycles. The van der Waals surface area contributed by atoms with E-state index in [1.165, 1.54) is 6.07 Å². The number of anilines is 2. The van der Waals surface area contributed by atoms with E-state index in [1.807, 2.05) is 6.07 Å². The number of halogens is 2. The van der Waals surface area contributed by atoms with Crippen LogP contribution in [-0.2, 0) is 10.0 Å². The number of fused-ring (bicyclic) bond motifs is 1. The first-order chi connectivity index (χ1) is 15.3. The van der Waals surface area contributed by atoms with Gasteiger partial charge in [-0.25, -0.2) is 17.2 Å². The number of nitrogens with one attached hydrogen (secondary N) is 1. The van der Waals surface area contributed by atoms with E-state index in [0.29, 0.717) is 17.3 Å². The molecule has 6 nitrogen and oxygen atoms in total. The average molecular weight is 460 g/mol. The summed E-state index contributed by atoms with van der Waals surface area (Å²) in [5, 5.41) is 0.709. The highest BCUT2D eigenvalue weighted by Gasteiger charge is 2.21. The standard InChI is InChI=1S/C23H23F2N3O3S/c1-2-9-32(30,31)27-17-12-19(22(25)20(24)13-17)23(29)15-5-6-21-16(10-15)11-18(14-26-21)28-7-3-4-8-28/h5-6,10-14,27H,2-4,7-9H2,1H3. The van der Waals surface area contributed by atoms with Gasteiger partial charge in [0.25, 0.3) is 0 Å². The van der Waals surface area contributed by atoms with Crippen LogP contribution in [0.15, 0.2) is 42.6 Å². The minimum absolute atomic E-state index is 0.157. The van der Waals surface area contributed by atoms with Crippen LogP contribution >= 0.6 is 0 Å². The number of carbonyl (C=O) groups is 1. The first-order valence-electron chi connectivity index (χ1n) is 10.5. The Morgan fingerprint density at radius 3 is 2.59 bits per heavy atom. The molecule has 1 aliphatic heterocycles. The van der Waals surface area contributed by atoms with Gasteiger partial charge in [0.05, 0.1) is 34.4 Å². The minimum atomic E-state index is -3.73. The molecule has 1 N–H and O–H groups in total. The Balaban J connectivity index is 1.70. The van der Waals surface area contributed by atoms with Gasteiger partial charge in [0, 0.05) is 30.1 Å². The van der Waals surface area contributed by atoms with Crippen LogP contribution in [0.5, 0.6) is 0 Å². The number of ketones is 1. The number of sulfonamides is 1. The van der Waals surface area contributed by atoms with Crippen LogP contribution in [0.2, 0.25) is 0 Å². The minimum Gasteiger partial charge on any atom is -0.370 e. The van der Waals surface area contributed by atoms with Gasteiger partial charge in [0.15, 0.2) is 17.4 Å². The first kappa shape index (κ1) is 22.1. The third-order valence-corrected chi connectivity index (χ3v) is 6.91. The van der Waals surface area contributed by atoms with Crippen molar-refractivity contribution in [2.45, 2.75) is 26.2 Å². The van der Waals surface area contributed by atoms with Gasteiger partial charge in [-0.3, -0.25) is 14.5 Å². The van der Waals surface area contributed by atoms with Crippen molar-refractivity contribution in [1.82, 2.24) is 4.98 Å². The van der Waals surface area contributed by atoms with E-state index in [1.54, 1.807) is 25.3 Å². The van der Waals surface area contributed by atoms with Gasteiger partial charge in [-0.05, 0) is 49.6 Å². The molecule has 2 heterocycles. The monoisotopic (exact) mass is 459 g/mol. The molecule has 0 atom stereocenters. The fourth-order valence-corrected chi connectivity index (χ4v) is 4.99. The molecule has 0 spiro atoms. The highest BCUT2D eigenvalue weighted by atomic mass is 32.2. The number of hydrogen-bond donors (Lipinski definition) is 1. The Hall–Kier alpha value is -3.07. The topological polar surface area (TPSA) is 79.4 Å². The second-order valence-corrected chi connectivity index (χ2v) is 9.71. The lowest BCUT2D eigenvalue weighted by molar-refractivity contribution is 0.103. The molecule has 32 heavy (non-hydrogen) atoms. The summed E-state index contributed by atoms with van der Waals surface area (Å²) in [6.45, 7) is 3.57. The van der Waals surface area contributed by atoms with Crippen molar-refractivity contribution >= 4 is 38.1 Å². The smallest absolute Gasteiger partial charge is 0.232 e. The molecule has 1 aromatic heterocycles. The molecule has 0 amide bonds. The van der Waals surface area contributed by atoms with Crippen molar-refractivity contribution in [3.8, 4) is 0 Å². The number of rotatable bonds is 7. The SMILES string of the molecule is CCCS(=O)(=O)Nc1cc(F)c(F)c(C(=O)c2ccc3ncc(N4CCCC4)cc3c2)c1. The van der Waals surface area contributed by atoms with Gasteiger partial charge in [-0.1, -0.05) is 6.92 Å². The van der Waals surface area contributed by atoms with Gasteiger partial charge in [-0.2, -0.15) is 0 Å². The molecule has 2 aromatic carbocycles. The molecule has 1 aliphatic rings. The Morgan fingerprint density at radius 1 is 1.12 bits per heavy atom. The second-order valence-electron chi connectivity index (χ2n) is 7.86. The van der Waals surface area contributed by atoms with E-state index in [9.17, 15) is 22.0 Å². The zero-order valence-corrected chi connectivity index (χ0v) is 18.4. The summed E-state index contributed by atoms with van der Waals surface area (Å²) in [5.41, 5.74) is 1.05. The van der Waals surface area contributed by atoms with Crippen molar-refractivity contribution in [3.05, 3.63) is 65.4 Å². The third-order valence-electron chi connectivity index (χ3n) is 5.42. The summed E-state index contributed by atoms with van der Waals surface area (Å²) < 4.78 is 54.9. The number of benzene rings is 2. The number of hydrogen-bond acceptors (Lipinski definition) is 5. The molecule has 0 radical (unpaired) electrons. The van der Waals surface area contributed by atoms with E-state index >= 15 is 0 Å². The van der Waals surface area contributed by atoms with Crippen molar-refractivity contribution in [1.29, 1.82) is 0 Å². The average Bonchev–Trinajstić information content (AvgIpc) is 3.29. The van der Waals surface area contributed by atoms with E-state index in [4.69, 9.17) is 0 Å². The van der Waals surface area contributed by atoms with Gasteiger partial charge in [-0.15, -0.1) is 0 Å². The maximum atomic E-state index is 14.5. The van der Waals surface area contributed by atoms with E-state index < -0.39 is 33.0 Å². The molecule has 0 aliphatic carbocycles. The van der Waals surface area contributed by atoms with Gasteiger partial charge >= 0.3 is 0 Å². The fourth-order valence-electron chi connectivity index (χ4n) is 3.88. The van der Waals surface area contributed by atoms with Crippen LogP contribution in [0, 0.1) is 11.6 Å². The molecular weight excluding hydrogens is 436 g/mol. The summed E-state index contributed by atoms with van der Waals surface area (Å²) >= 11 is 0. The zero-order valence-electron chi connectivity index (χ0n) is 17.6. The molecule has 9 heteroatoms. The van der Waals surface area contributed by atoms with E-state index in [0.717, 1.165) is 43.8 Å². The summed E-state index contributed by atoms with van der Waals surface area (Å²) in [6, 6.07) is 8.42. The highest BCUT2D eigenvalue weighted by Crippen LogP contribution is 2.27. The number of nitrogens with zero attached hydrogens (tertiary/aromatic N) is 2. The summed E-state index contributed by atoms with van der Waals surface area (Å²) in [5.74, 6) is -3.54. The Bertz CT molecular complexity index is 1290. The number of carbonyl (C=O) groups excluding carboxylic acids is 1. The van der Waals surface area contributed by atoms with Crippen LogP contribution in [0.25, 0.3) is 10.9 Å². The van der Waals surface area contributed by atoms with E-state index in [2.05, 4.69) is 14.6 Å². The van der Waals surface area contributed by atoms with Gasteiger partial charge in [0.1, 0.15) is 0 Å². The van der Waals surface area contributed by atoms with Crippen LogP contribution in [-0.4, -0.2) is 38.0 Å². The molecular formula is C23H23F2N3O3S. The first-order valence-corrected chi connectivity index (χ1v) is 12.1. The molecule has 3 aromatic rings. The number of pyridine rings is 1. The molecule has 4 rings (SSSR count). The van der Waals surface area contributed by atoms with Crippen molar-refractivity contribution in [2.75, 3.05) is 28.5 Å². The molecule has 1 saturated heterocycles. The lowest BCUT2D eigenvalue weighted by atomic mass is 10.00. The molecule has 1 fully saturated rings. The van der Waals surface area contributed by atoms with Crippen molar-refractivity contribution in [3.63, 3.8) is 0 Å². The van der Waals surface area contributed by atoms with Crippen LogP contribution < -0.4 is 9.62 Å². The zero-order chi connectivity index (χ0) is 22.9. The molecule has 0 bridgehead atoms. The Morgan fingerprint density at radius 2 is 1.88 bits per heavy atom. The maximum absolute atomic E-state index is 14.5. The summed E-state index contributed by atoms with van der Waals surface area (Å²) in [7, 11) is -3.73. The Labute approximate surface area is 185 Å². The van der Waals surface area contributed by atoms with Gasteiger partial charge < -0.3 is 4.90 Å². The second kappa shape index (κ2) is 8.82. The predicted octanol–water partition coefficient (Wildman–Crippen LogP) is 4.50. The Kier molecular flexibility index (Phi) is 6.10. The fraction of sp³-hybridized carbons (Fsp3) is 0.304. The van der Waals surface area contributed by atoms with Crippen LogP contribution in [0.1, 0.15) is 42.1 Å². The van der Waals surface area contributed by atoms with E-state index in [-0.39, 0.29) is 17.0 Å². The normalized spacial score (nSPS) is 14.2. The lowest BCUT2D eigenvalue weighted by Gasteiger charge is -2.17. The quantitative estimate of drug-likeness (QED) is 0.527. The lowest BCUT2D eigenvalue weighted by Crippen LogP contribution is -2.17. The molecule has 0 unspecified atom stereocenters. The van der Waals surface area contributed by atoms with Crippen LogP contribution in [0.3, 0.4) is 0 Å². The van der Waals surface area contributed by atoms with Gasteiger partial charge in [0.2, 0.25) is 10.0 Å². The maximum Gasteiger partial charge on any atom is 0.232 e. The van der Waals surface area contributed by atoms with Crippen LogP contribution in [0.4, 0.5) is 20.2 Å².